The van der Waals surface area contributed by atoms with Gasteiger partial charge in [0.15, 0.2) is 17.3 Å². The van der Waals surface area contributed by atoms with E-state index in [-0.39, 0.29) is 35.8 Å². The van der Waals surface area contributed by atoms with Gasteiger partial charge in [0.2, 0.25) is 5.91 Å². The Hall–Kier alpha value is -4.13. The average Bonchev–Trinajstić information content (AvgIpc) is 3.07. The van der Waals surface area contributed by atoms with Crippen LogP contribution >= 0.6 is 0 Å². The van der Waals surface area contributed by atoms with Gasteiger partial charge < -0.3 is 14.8 Å². The fourth-order valence-electron chi connectivity index (χ4n) is 5.41. The average molecular weight is 515 g/mol. The smallest absolute Gasteiger partial charge is 0.230 e. The van der Waals surface area contributed by atoms with Crippen LogP contribution in [0, 0.1) is 11.7 Å². The molecule has 2 atom stereocenters. The maximum atomic E-state index is 14.0. The third-order valence-corrected chi connectivity index (χ3v) is 7.28. The molecule has 0 saturated heterocycles. The fraction of sp³-hybridized carbons (Fsp3) is 0.290. The highest BCUT2D eigenvalue weighted by Gasteiger charge is 2.42. The van der Waals surface area contributed by atoms with Crippen molar-refractivity contribution in [1.82, 2.24) is 0 Å². The number of allylic oxidation sites excluding steroid dienone is 1. The van der Waals surface area contributed by atoms with Crippen molar-refractivity contribution in [3.63, 3.8) is 0 Å². The van der Waals surface area contributed by atoms with Crippen LogP contribution in [0.3, 0.4) is 0 Å². The van der Waals surface area contributed by atoms with E-state index in [1.165, 1.54) is 12.1 Å². The van der Waals surface area contributed by atoms with Gasteiger partial charge in [-0.25, -0.2) is 4.39 Å². The number of para-hydroxylation sites is 2. The molecule has 3 aromatic rings. The molecule has 0 radical (unpaired) electrons. The number of anilines is 2. The van der Waals surface area contributed by atoms with E-state index in [0.717, 1.165) is 16.9 Å². The van der Waals surface area contributed by atoms with Crippen LogP contribution in [0.5, 0.6) is 11.5 Å². The molecular weight excluding hydrogens is 483 g/mol. The topological polar surface area (TPSA) is 67.9 Å². The lowest BCUT2D eigenvalue weighted by Gasteiger charge is -2.36. The zero-order chi connectivity index (χ0) is 27.0. The van der Waals surface area contributed by atoms with Gasteiger partial charge in [-0.05, 0) is 59.9 Å². The van der Waals surface area contributed by atoms with Crippen molar-refractivity contribution >= 4 is 23.1 Å². The Morgan fingerprint density at radius 1 is 0.947 bits per heavy atom. The zero-order valence-electron chi connectivity index (χ0n) is 22.0. The number of halogens is 1. The highest BCUT2D eigenvalue weighted by atomic mass is 19.1. The summed E-state index contributed by atoms with van der Waals surface area (Å²) >= 11 is 0. The summed E-state index contributed by atoms with van der Waals surface area (Å²) in [7, 11) is 3.18. The summed E-state index contributed by atoms with van der Waals surface area (Å²) in [6.07, 6.45) is 0.833. The van der Waals surface area contributed by atoms with Gasteiger partial charge in [-0.2, -0.15) is 0 Å². The van der Waals surface area contributed by atoms with Crippen molar-refractivity contribution in [2.75, 3.05) is 24.4 Å². The van der Waals surface area contributed by atoms with Crippen LogP contribution in [0.1, 0.15) is 49.8 Å². The summed E-state index contributed by atoms with van der Waals surface area (Å²) < 4.78 is 24.8. The molecule has 0 saturated carbocycles. The molecule has 196 valence electrons. The molecule has 0 unspecified atom stereocenters. The number of hydrogen-bond donors (Lipinski definition) is 1. The summed E-state index contributed by atoms with van der Waals surface area (Å²) in [5.74, 6) is 0.279. The van der Waals surface area contributed by atoms with Gasteiger partial charge in [-0.1, -0.05) is 44.2 Å². The van der Waals surface area contributed by atoms with E-state index in [1.54, 1.807) is 31.3 Å². The van der Waals surface area contributed by atoms with E-state index in [2.05, 4.69) is 5.32 Å². The molecule has 0 aromatic heterocycles. The first kappa shape index (κ1) is 25.5. The monoisotopic (exact) mass is 514 g/mol. The molecule has 6 nitrogen and oxygen atoms in total. The lowest BCUT2D eigenvalue weighted by molar-refractivity contribution is -0.121. The molecule has 0 spiro atoms. The number of hydrogen-bond acceptors (Lipinski definition) is 5. The van der Waals surface area contributed by atoms with E-state index >= 15 is 0 Å². The van der Waals surface area contributed by atoms with Gasteiger partial charge in [-0.15, -0.1) is 0 Å². The number of nitrogens with zero attached hydrogens (tertiary/aromatic N) is 1. The van der Waals surface area contributed by atoms with Crippen LogP contribution in [0.15, 0.2) is 78.0 Å². The van der Waals surface area contributed by atoms with Gasteiger partial charge in [0.25, 0.3) is 0 Å². The van der Waals surface area contributed by atoms with Gasteiger partial charge in [-0.3, -0.25) is 14.5 Å². The highest BCUT2D eigenvalue weighted by molar-refractivity contribution is 6.06. The van der Waals surface area contributed by atoms with Crippen molar-refractivity contribution < 1.29 is 23.5 Å². The molecule has 1 heterocycles. The van der Waals surface area contributed by atoms with Gasteiger partial charge in [0, 0.05) is 23.6 Å². The van der Waals surface area contributed by atoms with Crippen LogP contribution in [0.2, 0.25) is 0 Å². The first-order valence-corrected chi connectivity index (χ1v) is 12.7. The third kappa shape index (κ3) is 4.53. The molecule has 1 amide bonds. The Balaban J connectivity index is 1.68. The first-order chi connectivity index (χ1) is 18.3. The van der Waals surface area contributed by atoms with Crippen molar-refractivity contribution in [1.29, 1.82) is 0 Å². The summed E-state index contributed by atoms with van der Waals surface area (Å²) in [5, 5.41) is 3.51. The predicted octanol–water partition coefficient (Wildman–Crippen LogP) is 6.40. The van der Waals surface area contributed by atoms with Crippen LogP contribution in [0.4, 0.5) is 15.8 Å². The molecule has 7 heteroatoms. The van der Waals surface area contributed by atoms with Crippen molar-refractivity contribution in [3.05, 3.63) is 94.9 Å². The number of carbonyl (C=O) groups excluding carboxylic acids is 2. The molecule has 1 aliphatic carbocycles. The highest BCUT2D eigenvalue weighted by Crippen LogP contribution is 2.48. The normalized spacial score (nSPS) is 18.9. The minimum Gasteiger partial charge on any atom is -0.493 e. The molecule has 3 aromatic carbocycles. The Morgan fingerprint density at radius 3 is 2.32 bits per heavy atom. The number of nitrogens with one attached hydrogen (secondary N) is 1. The number of amides is 1. The molecule has 0 bridgehead atoms. The second-order valence-corrected chi connectivity index (χ2v) is 9.99. The number of Topliss-reactive ketones (excluding diaryl/α,β-unsaturated/α-hetero) is 1. The number of carbonyl (C=O) groups is 2. The number of ketones is 1. The van der Waals surface area contributed by atoms with Crippen molar-refractivity contribution in [3.8, 4) is 11.5 Å². The summed E-state index contributed by atoms with van der Waals surface area (Å²) in [4.78, 5) is 29.4. The van der Waals surface area contributed by atoms with Crippen LogP contribution in [-0.2, 0) is 9.59 Å². The molecule has 38 heavy (non-hydrogen) atoms. The number of fused-ring (bicyclic) bond motifs is 1. The Morgan fingerprint density at radius 2 is 1.63 bits per heavy atom. The molecule has 1 N–H and O–H groups in total. The molecule has 0 fully saturated rings. The minimum atomic E-state index is -0.685. The Kier molecular flexibility index (Phi) is 6.93. The summed E-state index contributed by atoms with van der Waals surface area (Å²) in [5.41, 5.74) is 4.39. The Labute approximate surface area is 222 Å². The standard InChI is InChI=1S/C31H31FN2O4/c1-18(2)31(36)34-25-8-6-5-7-23(25)33-24-15-21(20-11-14-27(37-3)28(17-20)38-4)16-26(35)29(24)30(34)19-9-12-22(32)13-10-19/h5-14,17-18,21,30,33H,15-16H2,1-4H3/t21-,30-/m0/s1. The lowest BCUT2D eigenvalue weighted by Crippen LogP contribution is -2.40. The molecule has 2 aliphatic rings. The van der Waals surface area contributed by atoms with Gasteiger partial charge in [0.05, 0.1) is 31.6 Å². The Bertz CT molecular complexity index is 1410. The van der Waals surface area contributed by atoms with Crippen LogP contribution < -0.4 is 19.7 Å². The first-order valence-electron chi connectivity index (χ1n) is 12.7. The van der Waals surface area contributed by atoms with Crippen LogP contribution in [-0.4, -0.2) is 25.9 Å². The third-order valence-electron chi connectivity index (χ3n) is 7.28. The fourth-order valence-corrected chi connectivity index (χ4v) is 5.41. The molecule has 5 rings (SSSR count). The largest absolute Gasteiger partial charge is 0.493 e. The maximum Gasteiger partial charge on any atom is 0.230 e. The van der Waals surface area contributed by atoms with Crippen molar-refractivity contribution in [2.45, 2.75) is 38.6 Å². The second-order valence-electron chi connectivity index (χ2n) is 9.99. The summed E-state index contributed by atoms with van der Waals surface area (Å²) in [6, 6.07) is 18.7. The SMILES string of the molecule is COc1ccc([C@@H]2CC(=O)C3=C(C2)Nc2ccccc2N(C(=O)C(C)C)[C@H]3c2ccc(F)cc2)cc1OC. The van der Waals surface area contributed by atoms with E-state index < -0.39 is 6.04 Å². The number of benzene rings is 3. The van der Waals surface area contributed by atoms with Crippen molar-refractivity contribution in [2.24, 2.45) is 5.92 Å². The molecule has 1 aliphatic heterocycles. The van der Waals surface area contributed by atoms with E-state index in [1.807, 2.05) is 56.3 Å². The number of rotatable bonds is 5. The zero-order valence-corrected chi connectivity index (χ0v) is 22.0. The van der Waals surface area contributed by atoms with E-state index in [4.69, 9.17) is 9.47 Å². The van der Waals surface area contributed by atoms with Gasteiger partial charge in [0.1, 0.15) is 5.82 Å². The maximum absolute atomic E-state index is 14.0. The second kappa shape index (κ2) is 10.3. The lowest BCUT2D eigenvalue weighted by atomic mass is 9.78. The number of ether oxygens (including phenoxy) is 2. The number of methoxy groups -OCH3 is 2. The summed E-state index contributed by atoms with van der Waals surface area (Å²) in [6.45, 7) is 3.69. The van der Waals surface area contributed by atoms with Crippen LogP contribution in [0.25, 0.3) is 0 Å². The quantitative estimate of drug-likeness (QED) is 0.427. The van der Waals surface area contributed by atoms with E-state index in [9.17, 15) is 14.0 Å². The van der Waals surface area contributed by atoms with Gasteiger partial charge >= 0.3 is 0 Å². The predicted molar refractivity (Wildman–Crippen MR) is 145 cm³/mol. The molecular formula is C31H31FN2O4. The van der Waals surface area contributed by atoms with E-state index in [0.29, 0.717) is 34.7 Å². The minimum absolute atomic E-state index is 0.0535.